The summed E-state index contributed by atoms with van der Waals surface area (Å²) in [5.41, 5.74) is 2.86. The van der Waals surface area contributed by atoms with E-state index in [1.165, 1.54) is 11.1 Å². The van der Waals surface area contributed by atoms with E-state index in [1.807, 2.05) is 19.1 Å². The lowest BCUT2D eigenvalue weighted by Crippen LogP contribution is -2.32. The summed E-state index contributed by atoms with van der Waals surface area (Å²) >= 11 is 5.93. The molecule has 2 nitrogen and oxygen atoms in total. The summed E-state index contributed by atoms with van der Waals surface area (Å²) in [6.07, 6.45) is 2.15. The fourth-order valence-corrected chi connectivity index (χ4v) is 3.34. The lowest BCUT2D eigenvalue weighted by Gasteiger charge is -2.35. The first-order valence-electron chi connectivity index (χ1n) is 7.50. The second-order valence-electron chi connectivity index (χ2n) is 6.84. The monoisotopic (exact) mass is 303 g/mol. The predicted octanol–water partition coefficient (Wildman–Crippen LogP) is 5.04. The quantitative estimate of drug-likeness (QED) is 0.859. The van der Waals surface area contributed by atoms with Gasteiger partial charge in [0.15, 0.2) is 0 Å². The third kappa shape index (κ3) is 3.33. The molecule has 1 aliphatic carbocycles. The Bertz CT molecular complexity index is 627. The van der Waals surface area contributed by atoms with Crippen LogP contribution in [-0.4, -0.2) is 0 Å². The molecule has 0 saturated carbocycles. The molecule has 0 fully saturated rings. The van der Waals surface area contributed by atoms with Crippen molar-refractivity contribution in [3.63, 3.8) is 0 Å². The highest BCUT2D eigenvalue weighted by Gasteiger charge is 2.34. The highest BCUT2D eigenvalue weighted by atomic mass is 35.5. The molecule has 1 unspecified atom stereocenters. The number of aryl methyl sites for hydroxylation is 1. The Hall–Kier alpha value is -1.25. The van der Waals surface area contributed by atoms with Crippen molar-refractivity contribution in [2.45, 2.75) is 46.2 Å². The van der Waals surface area contributed by atoms with Gasteiger partial charge in [-0.2, -0.15) is 0 Å². The molecule has 0 spiro atoms. The van der Waals surface area contributed by atoms with Gasteiger partial charge in [-0.15, -0.1) is 0 Å². The van der Waals surface area contributed by atoms with Gasteiger partial charge in [-0.1, -0.05) is 37.6 Å². The summed E-state index contributed by atoms with van der Waals surface area (Å²) < 4.78 is 5.88. The molecule has 1 aromatic carbocycles. The molecule has 21 heavy (non-hydrogen) atoms. The topological polar surface area (TPSA) is 25.2 Å². The van der Waals surface area contributed by atoms with Crippen molar-refractivity contribution in [3.8, 4) is 0 Å². The molecule has 1 aromatic heterocycles. The molecule has 1 heterocycles. The number of benzene rings is 1. The van der Waals surface area contributed by atoms with Crippen LogP contribution in [0.4, 0.5) is 0 Å². The van der Waals surface area contributed by atoms with Crippen LogP contribution >= 0.6 is 11.6 Å². The van der Waals surface area contributed by atoms with E-state index < -0.39 is 0 Å². The van der Waals surface area contributed by atoms with Gasteiger partial charge in [0, 0.05) is 29.6 Å². The van der Waals surface area contributed by atoms with Gasteiger partial charge >= 0.3 is 0 Å². The molecule has 0 radical (unpaired) electrons. The van der Waals surface area contributed by atoms with Crippen molar-refractivity contribution in [1.82, 2.24) is 5.32 Å². The Labute approximate surface area is 131 Å². The molecule has 3 heteroatoms. The molecular formula is C18H22ClNO. The number of nitrogens with one attached hydrogen (secondary N) is 1. The van der Waals surface area contributed by atoms with Gasteiger partial charge in [-0.05, 0) is 42.5 Å². The van der Waals surface area contributed by atoms with Crippen molar-refractivity contribution in [3.05, 3.63) is 58.0 Å². The van der Waals surface area contributed by atoms with E-state index in [0.29, 0.717) is 6.04 Å². The largest absolute Gasteiger partial charge is 0.466 e. The zero-order valence-corrected chi connectivity index (χ0v) is 13.6. The van der Waals surface area contributed by atoms with Crippen LogP contribution in [0.2, 0.25) is 5.02 Å². The van der Waals surface area contributed by atoms with Crippen LogP contribution in [0.15, 0.2) is 34.7 Å². The Morgan fingerprint density at radius 1 is 1.29 bits per heavy atom. The third-order valence-electron chi connectivity index (χ3n) is 4.20. The molecular weight excluding hydrogens is 282 g/mol. The molecule has 0 saturated heterocycles. The first-order chi connectivity index (χ1) is 9.93. The number of fused-ring (bicyclic) bond motifs is 1. The van der Waals surface area contributed by atoms with E-state index in [9.17, 15) is 0 Å². The Balaban J connectivity index is 1.76. The van der Waals surface area contributed by atoms with Crippen molar-refractivity contribution >= 4 is 11.6 Å². The van der Waals surface area contributed by atoms with Crippen LogP contribution in [0.1, 0.15) is 49.0 Å². The maximum Gasteiger partial charge on any atom is 0.109 e. The summed E-state index contributed by atoms with van der Waals surface area (Å²) in [5.74, 6) is 2.16. The van der Waals surface area contributed by atoms with E-state index in [1.54, 1.807) is 0 Å². The van der Waals surface area contributed by atoms with Crippen LogP contribution in [-0.2, 0) is 13.0 Å². The second kappa shape index (κ2) is 5.51. The molecule has 0 aliphatic heterocycles. The van der Waals surface area contributed by atoms with Crippen LogP contribution in [0.5, 0.6) is 0 Å². The van der Waals surface area contributed by atoms with Crippen molar-refractivity contribution in [2.75, 3.05) is 0 Å². The summed E-state index contributed by atoms with van der Waals surface area (Å²) in [4.78, 5) is 0. The van der Waals surface area contributed by atoms with Crippen LogP contribution in [0.3, 0.4) is 0 Å². The smallest absolute Gasteiger partial charge is 0.109 e. The summed E-state index contributed by atoms with van der Waals surface area (Å²) in [6, 6.07) is 10.6. The van der Waals surface area contributed by atoms with Gasteiger partial charge in [0.1, 0.15) is 11.5 Å². The van der Waals surface area contributed by atoms with Gasteiger partial charge in [0.25, 0.3) is 0 Å². The van der Waals surface area contributed by atoms with Crippen molar-refractivity contribution < 1.29 is 4.42 Å². The lowest BCUT2D eigenvalue weighted by atomic mass is 9.74. The molecule has 1 aliphatic rings. The molecule has 2 aromatic rings. The molecule has 1 atom stereocenters. The average Bonchev–Trinajstić information content (AvgIpc) is 2.76. The first kappa shape index (κ1) is 14.7. The molecule has 0 amide bonds. The van der Waals surface area contributed by atoms with Crippen molar-refractivity contribution in [1.29, 1.82) is 0 Å². The zero-order valence-electron chi connectivity index (χ0n) is 12.9. The number of hydrogen-bond donors (Lipinski definition) is 1. The fourth-order valence-electron chi connectivity index (χ4n) is 3.21. The Morgan fingerprint density at radius 2 is 2.00 bits per heavy atom. The number of halogens is 1. The van der Waals surface area contributed by atoms with Gasteiger partial charge in [0.2, 0.25) is 0 Å². The molecule has 3 rings (SSSR count). The predicted molar refractivity (Wildman–Crippen MR) is 86.6 cm³/mol. The van der Waals surface area contributed by atoms with E-state index >= 15 is 0 Å². The van der Waals surface area contributed by atoms with E-state index in [4.69, 9.17) is 16.0 Å². The van der Waals surface area contributed by atoms with Crippen LogP contribution < -0.4 is 5.32 Å². The maximum absolute atomic E-state index is 5.93. The molecule has 1 N–H and O–H groups in total. The number of hydrogen-bond acceptors (Lipinski definition) is 2. The Morgan fingerprint density at radius 3 is 2.71 bits per heavy atom. The van der Waals surface area contributed by atoms with Crippen LogP contribution in [0.25, 0.3) is 0 Å². The van der Waals surface area contributed by atoms with E-state index in [-0.39, 0.29) is 5.41 Å². The second-order valence-corrected chi connectivity index (χ2v) is 7.28. The van der Waals surface area contributed by atoms with Gasteiger partial charge < -0.3 is 9.73 Å². The highest BCUT2D eigenvalue weighted by Crippen LogP contribution is 2.42. The minimum absolute atomic E-state index is 0.273. The summed E-state index contributed by atoms with van der Waals surface area (Å²) in [5, 5.41) is 4.46. The highest BCUT2D eigenvalue weighted by molar-refractivity contribution is 6.30. The number of rotatable bonds is 3. The minimum atomic E-state index is 0.273. The number of furan rings is 1. The minimum Gasteiger partial charge on any atom is -0.466 e. The van der Waals surface area contributed by atoms with Crippen molar-refractivity contribution in [2.24, 2.45) is 5.41 Å². The SMILES string of the molecule is Cc1cc2c(o1)CC(C)(C)CC2NCc1ccc(Cl)cc1. The third-order valence-corrected chi connectivity index (χ3v) is 4.45. The zero-order chi connectivity index (χ0) is 15.0. The first-order valence-corrected chi connectivity index (χ1v) is 7.88. The maximum atomic E-state index is 5.93. The van der Waals surface area contributed by atoms with Gasteiger partial charge in [-0.3, -0.25) is 0 Å². The van der Waals surface area contributed by atoms with E-state index in [0.717, 1.165) is 35.9 Å². The Kier molecular flexibility index (Phi) is 3.85. The van der Waals surface area contributed by atoms with Gasteiger partial charge in [0.05, 0.1) is 0 Å². The van der Waals surface area contributed by atoms with Crippen LogP contribution in [0, 0.1) is 12.3 Å². The standard InChI is InChI=1S/C18H22ClNO/c1-12-8-15-16(9-18(2,3)10-17(15)21-12)20-11-13-4-6-14(19)7-5-13/h4-8,16,20H,9-11H2,1-3H3. The normalized spacial score (nSPS) is 20.3. The summed E-state index contributed by atoms with van der Waals surface area (Å²) in [6.45, 7) is 7.50. The lowest BCUT2D eigenvalue weighted by molar-refractivity contribution is 0.233. The van der Waals surface area contributed by atoms with E-state index in [2.05, 4.69) is 37.4 Å². The van der Waals surface area contributed by atoms with Gasteiger partial charge in [-0.25, -0.2) is 0 Å². The fraction of sp³-hybridized carbons (Fsp3) is 0.444. The average molecular weight is 304 g/mol. The molecule has 112 valence electrons. The molecule has 0 bridgehead atoms. The summed E-state index contributed by atoms with van der Waals surface area (Å²) in [7, 11) is 0.